The third-order valence-electron chi connectivity index (χ3n) is 1.91. The summed E-state index contributed by atoms with van der Waals surface area (Å²) < 4.78 is 0. The van der Waals surface area contributed by atoms with Crippen LogP contribution < -0.4 is 5.73 Å². The van der Waals surface area contributed by atoms with E-state index in [9.17, 15) is 4.79 Å². The molecule has 2 rings (SSSR count). The van der Waals surface area contributed by atoms with Crippen LogP contribution in [-0.2, 0) is 4.79 Å². The van der Waals surface area contributed by atoms with E-state index in [1.54, 1.807) is 28.7 Å². The fourth-order valence-corrected chi connectivity index (χ4v) is 2.78. The molecule has 0 saturated heterocycles. The average molecular weight is 250 g/mol. The van der Waals surface area contributed by atoms with E-state index >= 15 is 0 Å². The van der Waals surface area contributed by atoms with Crippen molar-refractivity contribution in [2.45, 2.75) is 6.92 Å². The number of aryl methyl sites for hydroxylation is 1. The van der Waals surface area contributed by atoms with Gasteiger partial charge in [0.25, 0.3) is 0 Å². The monoisotopic (exact) mass is 250 g/mol. The van der Waals surface area contributed by atoms with E-state index in [4.69, 9.17) is 5.73 Å². The van der Waals surface area contributed by atoms with Crippen LogP contribution in [0.4, 0.5) is 0 Å². The molecule has 0 radical (unpaired) electrons. The smallest absolute Gasteiger partial charge is 0.241 e. The van der Waals surface area contributed by atoms with Gasteiger partial charge in [0.15, 0.2) is 0 Å². The molecule has 3 nitrogen and oxygen atoms in total. The van der Waals surface area contributed by atoms with Gasteiger partial charge in [0.1, 0.15) is 0 Å². The first-order valence-corrected chi connectivity index (χ1v) is 6.34. The van der Waals surface area contributed by atoms with Crippen LogP contribution in [0.25, 0.3) is 16.6 Å². The van der Waals surface area contributed by atoms with Gasteiger partial charge < -0.3 is 5.73 Å². The van der Waals surface area contributed by atoms with Crippen LogP contribution in [0.2, 0.25) is 0 Å². The van der Waals surface area contributed by atoms with E-state index in [1.807, 2.05) is 24.4 Å². The second-order valence-corrected chi connectivity index (χ2v) is 5.37. The Morgan fingerprint density at radius 2 is 2.31 bits per heavy atom. The molecule has 2 N–H and O–H groups in total. The van der Waals surface area contributed by atoms with E-state index in [-0.39, 0.29) is 0 Å². The lowest BCUT2D eigenvalue weighted by Crippen LogP contribution is -2.04. The Kier molecular flexibility index (Phi) is 3.17. The summed E-state index contributed by atoms with van der Waals surface area (Å²) >= 11 is 3.22. The van der Waals surface area contributed by atoms with Crippen LogP contribution in [0.1, 0.15) is 9.88 Å². The Morgan fingerprint density at radius 1 is 1.50 bits per heavy atom. The minimum absolute atomic E-state index is 0.431. The van der Waals surface area contributed by atoms with Crippen LogP contribution in [0.3, 0.4) is 0 Å². The molecular weight excluding hydrogens is 240 g/mol. The zero-order valence-corrected chi connectivity index (χ0v) is 10.3. The highest BCUT2D eigenvalue weighted by Gasteiger charge is 2.04. The van der Waals surface area contributed by atoms with E-state index in [2.05, 4.69) is 4.98 Å². The third-order valence-corrected chi connectivity index (χ3v) is 3.76. The van der Waals surface area contributed by atoms with Gasteiger partial charge in [0.2, 0.25) is 5.91 Å². The molecule has 2 aromatic rings. The summed E-state index contributed by atoms with van der Waals surface area (Å²) in [5.41, 5.74) is 6.02. The Bertz CT molecular complexity index is 540. The Morgan fingerprint density at radius 3 is 2.94 bits per heavy atom. The van der Waals surface area contributed by atoms with Crippen molar-refractivity contribution in [1.29, 1.82) is 0 Å². The fraction of sp³-hybridized carbons (Fsp3) is 0.0909. The van der Waals surface area contributed by atoms with Crippen LogP contribution in [0, 0.1) is 6.92 Å². The van der Waals surface area contributed by atoms with Crippen molar-refractivity contribution in [3.8, 4) is 10.6 Å². The number of rotatable bonds is 3. The maximum Gasteiger partial charge on any atom is 0.241 e. The summed E-state index contributed by atoms with van der Waals surface area (Å²) in [5, 5.41) is 3.08. The minimum Gasteiger partial charge on any atom is -0.366 e. The average Bonchev–Trinajstić information content (AvgIpc) is 2.83. The van der Waals surface area contributed by atoms with Crippen molar-refractivity contribution in [2.24, 2.45) is 5.73 Å². The van der Waals surface area contributed by atoms with Gasteiger partial charge in [-0.15, -0.1) is 22.7 Å². The molecule has 16 heavy (non-hydrogen) atoms. The maximum absolute atomic E-state index is 10.6. The molecule has 2 heterocycles. The van der Waals surface area contributed by atoms with Crippen molar-refractivity contribution in [3.05, 3.63) is 33.5 Å². The van der Waals surface area contributed by atoms with Crippen LogP contribution in [0.15, 0.2) is 23.6 Å². The number of aromatic nitrogens is 1. The quantitative estimate of drug-likeness (QED) is 0.851. The number of amides is 1. The Balaban J connectivity index is 2.23. The summed E-state index contributed by atoms with van der Waals surface area (Å²) in [6, 6.07) is 3.95. The van der Waals surface area contributed by atoms with Gasteiger partial charge in [-0.3, -0.25) is 4.79 Å². The number of carbonyl (C=O) groups excluding carboxylic acids is 1. The topological polar surface area (TPSA) is 56.0 Å². The molecule has 2 aromatic heterocycles. The first-order chi connectivity index (χ1) is 7.65. The third kappa shape index (κ3) is 2.56. The largest absolute Gasteiger partial charge is 0.366 e. The number of hydrogen-bond acceptors (Lipinski definition) is 4. The summed E-state index contributed by atoms with van der Waals surface area (Å²) in [6.45, 7) is 1.98. The molecule has 0 saturated carbocycles. The van der Waals surface area contributed by atoms with Crippen molar-refractivity contribution < 1.29 is 4.79 Å². The molecule has 0 unspecified atom stereocenters. The first-order valence-electron chi connectivity index (χ1n) is 4.65. The number of nitrogens with two attached hydrogens (primary N) is 1. The van der Waals surface area contributed by atoms with Crippen LogP contribution in [0.5, 0.6) is 0 Å². The maximum atomic E-state index is 10.6. The van der Waals surface area contributed by atoms with E-state index in [1.165, 1.54) is 6.08 Å². The molecule has 1 amide bonds. The number of hydrogen-bond donors (Lipinski definition) is 1. The lowest BCUT2D eigenvalue weighted by atomic mass is 10.3. The zero-order chi connectivity index (χ0) is 11.5. The highest BCUT2D eigenvalue weighted by Crippen LogP contribution is 2.29. The number of nitrogens with zero attached hydrogens (tertiary/aromatic N) is 1. The molecule has 82 valence electrons. The standard InChI is InChI=1S/C11H10N2OS2/c1-7-13-9(6-15-7)10-4-2-8(16-10)3-5-11(12)14/h2-6H,1H3,(H2,12,14)/b5-3-. The minimum atomic E-state index is -0.431. The molecule has 5 heteroatoms. The summed E-state index contributed by atoms with van der Waals surface area (Å²) in [5.74, 6) is -0.431. The highest BCUT2D eigenvalue weighted by atomic mass is 32.1. The number of carbonyl (C=O) groups is 1. The van der Waals surface area contributed by atoms with Gasteiger partial charge in [-0.25, -0.2) is 4.98 Å². The van der Waals surface area contributed by atoms with Gasteiger partial charge in [0, 0.05) is 16.3 Å². The number of thiazole rings is 1. The van der Waals surface area contributed by atoms with E-state index in [0.29, 0.717) is 0 Å². The van der Waals surface area contributed by atoms with Gasteiger partial charge in [-0.05, 0) is 25.1 Å². The van der Waals surface area contributed by atoms with Crippen LogP contribution >= 0.6 is 22.7 Å². The second kappa shape index (κ2) is 4.59. The SMILES string of the molecule is Cc1nc(-c2ccc(/C=C\C(N)=O)s2)cs1. The van der Waals surface area contributed by atoms with Gasteiger partial charge in [-0.1, -0.05) is 0 Å². The summed E-state index contributed by atoms with van der Waals surface area (Å²) in [6.07, 6.45) is 3.08. The van der Waals surface area contributed by atoms with Crippen LogP contribution in [-0.4, -0.2) is 10.9 Å². The van der Waals surface area contributed by atoms with Gasteiger partial charge in [0.05, 0.1) is 15.6 Å². The molecule has 0 aliphatic heterocycles. The molecular formula is C11H10N2OS2. The molecule has 0 bridgehead atoms. The highest BCUT2D eigenvalue weighted by molar-refractivity contribution is 7.16. The Labute approximate surface area is 101 Å². The fourth-order valence-electron chi connectivity index (χ4n) is 1.22. The summed E-state index contributed by atoms with van der Waals surface area (Å²) in [4.78, 5) is 17.1. The lowest BCUT2D eigenvalue weighted by molar-refractivity contribution is -0.113. The normalized spacial score (nSPS) is 11.1. The lowest BCUT2D eigenvalue weighted by Gasteiger charge is -1.87. The molecule has 0 aliphatic carbocycles. The van der Waals surface area contributed by atoms with E-state index < -0.39 is 5.91 Å². The predicted molar refractivity (Wildman–Crippen MR) is 68.4 cm³/mol. The van der Waals surface area contributed by atoms with Gasteiger partial charge >= 0.3 is 0 Å². The van der Waals surface area contributed by atoms with E-state index in [0.717, 1.165) is 20.5 Å². The second-order valence-electron chi connectivity index (χ2n) is 3.19. The first kappa shape index (κ1) is 11.0. The van der Waals surface area contributed by atoms with Crippen molar-refractivity contribution >= 4 is 34.7 Å². The number of primary amides is 1. The molecule has 0 fully saturated rings. The predicted octanol–water partition coefficient (Wildman–Crippen LogP) is 2.68. The van der Waals surface area contributed by atoms with Crippen molar-refractivity contribution in [1.82, 2.24) is 4.98 Å². The molecule has 0 atom stereocenters. The van der Waals surface area contributed by atoms with Crippen molar-refractivity contribution in [3.63, 3.8) is 0 Å². The number of thiophene rings is 1. The molecule has 0 aromatic carbocycles. The van der Waals surface area contributed by atoms with Gasteiger partial charge in [-0.2, -0.15) is 0 Å². The molecule has 0 aliphatic rings. The Hall–Kier alpha value is -1.46. The van der Waals surface area contributed by atoms with Crippen molar-refractivity contribution in [2.75, 3.05) is 0 Å². The zero-order valence-electron chi connectivity index (χ0n) is 8.64. The summed E-state index contributed by atoms with van der Waals surface area (Å²) in [7, 11) is 0. The molecule has 0 spiro atoms.